The third-order valence-electron chi connectivity index (χ3n) is 4.93. The SMILES string of the molecule is CN1CC[C@]2(CCCN(S(=O)(=O)C3CC3)CC2)C1=O. The molecule has 0 unspecified atom stereocenters. The standard InChI is InChI=1S/C13H22N2O3S/c1-14-9-6-13(12(14)16)5-2-8-15(10-7-13)19(17,18)11-3-4-11/h11H,2-10H2,1H3/t13-/m0/s1. The van der Waals surface area contributed by atoms with Crippen LogP contribution in [0, 0.1) is 5.41 Å². The van der Waals surface area contributed by atoms with E-state index in [1.54, 1.807) is 9.21 Å². The van der Waals surface area contributed by atoms with E-state index in [1.165, 1.54) is 0 Å². The van der Waals surface area contributed by atoms with Crippen molar-refractivity contribution in [2.24, 2.45) is 5.41 Å². The quantitative estimate of drug-likeness (QED) is 0.755. The fourth-order valence-corrected chi connectivity index (χ4v) is 5.34. The first kappa shape index (κ1) is 13.4. The van der Waals surface area contributed by atoms with Crippen molar-refractivity contribution in [1.82, 2.24) is 9.21 Å². The van der Waals surface area contributed by atoms with E-state index in [0.717, 1.165) is 38.6 Å². The largest absolute Gasteiger partial charge is 0.345 e. The lowest BCUT2D eigenvalue weighted by Crippen LogP contribution is -2.36. The fourth-order valence-electron chi connectivity index (χ4n) is 3.46. The van der Waals surface area contributed by atoms with E-state index in [0.29, 0.717) is 19.5 Å². The molecule has 0 aromatic heterocycles. The van der Waals surface area contributed by atoms with Crippen LogP contribution in [-0.4, -0.2) is 55.5 Å². The highest BCUT2D eigenvalue weighted by molar-refractivity contribution is 7.90. The summed E-state index contributed by atoms with van der Waals surface area (Å²) in [5.41, 5.74) is -0.275. The predicted octanol–water partition coefficient (Wildman–Crippen LogP) is 0.813. The summed E-state index contributed by atoms with van der Waals surface area (Å²) in [6, 6.07) is 0. The molecule has 6 heteroatoms. The van der Waals surface area contributed by atoms with Crippen LogP contribution in [0.2, 0.25) is 0 Å². The normalized spacial score (nSPS) is 33.9. The zero-order valence-electron chi connectivity index (χ0n) is 11.5. The summed E-state index contributed by atoms with van der Waals surface area (Å²) in [4.78, 5) is 14.1. The van der Waals surface area contributed by atoms with Gasteiger partial charge in [-0.15, -0.1) is 0 Å². The number of carbonyl (C=O) groups is 1. The number of hydrogen-bond acceptors (Lipinski definition) is 3. The van der Waals surface area contributed by atoms with Crippen LogP contribution in [0.1, 0.15) is 38.5 Å². The fraction of sp³-hybridized carbons (Fsp3) is 0.923. The van der Waals surface area contributed by atoms with Crippen LogP contribution in [-0.2, 0) is 14.8 Å². The van der Waals surface area contributed by atoms with Crippen LogP contribution >= 0.6 is 0 Å². The first-order valence-corrected chi connectivity index (χ1v) is 8.71. The molecular weight excluding hydrogens is 264 g/mol. The van der Waals surface area contributed by atoms with E-state index in [-0.39, 0.29) is 16.6 Å². The second-order valence-corrected chi connectivity index (χ2v) is 8.47. The highest BCUT2D eigenvalue weighted by Crippen LogP contribution is 2.42. The first-order chi connectivity index (χ1) is 8.96. The Morgan fingerprint density at radius 1 is 1.11 bits per heavy atom. The molecule has 0 aromatic rings. The van der Waals surface area contributed by atoms with E-state index >= 15 is 0 Å². The maximum absolute atomic E-state index is 12.3. The van der Waals surface area contributed by atoms with Crippen LogP contribution in [0.15, 0.2) is 0 Å². The first-order valence-electron chi connectivity index (χ1n) is 7.20. The summed E-state index contributed by atoms with van der Waals surface area (Å²) in [6.07, 6.45) is 4.86. The molecule has 3 fully saturated rings. The molecule has 0 bridgehead atoms. The number of hydrogen-bond donors (Lipinski definition) is 0. The summed E-state index contributed by atoms with van der Waals surface area (Å²) in [5.74, 6) is 0.221. The Labute approximate surface area is 115 Å². The number of amides is 1. The van der Waals surface area contributed by atoms with E-state index in [9.17, 15) is 13.2 Å². The predicted molar refractivity (Wildman–Crippen MR) is 72.1 cm³/mol. The Morgan fingerprint density at radius 2 is 1.79 bits per heavy atom. The minimum Gasteiger partial charge on any atom is -0.345 e. The summed E-state index contributed by atoms with van der Waals surface area (Å²) in [7, 11) is -1.23. The molecule has 19 heavy (non-hydrogen) atoms. The van der Waals surface area contributed by atoms with Gasteiger partial charge in [-0.25, -0.2) is 12.7 Å². The monoisotopic (exact) mass is 286 g/mol. The second-order valence-electron chi connectivity index (χ2n) is 6.25. The highest BCUT2D eigenvalue weighted by atomic mass is 32.2. The van der Waals surface area contributed by atoms with Crippen molar-refractivity contribution in [1.29, 1.82) is 0 Å². The van der Waals surface area contributed by atoms with Gasteiger partial charge in [-0.1, -0.05) is 0 Å². The Morgan fingerprint density at radius 3 is 2.37 bits per heavy atom. The molecular formula is C13H22N2O3S. The van der Waals surface area contributed by atoms with Gasteiger partial charge < -0.3 is 4.90 Å². The molecule has 1 atom stereocenters. The lowest BCUT2D eigenvalue weighted by Gasteiger charge is -2.25. The molecule has 0 N–H and O–H groups in total. The summed E-state index contributed by atoms with van der Waals surface area (Å²) < 4.78 is 26.2. The number of sulfonamides is 1. The number of nitrogens with zero attached hydrogens (tertiary/aromatic N) is 2. The minimum absolute atomic E-state index is 0.136. The molecule has 2 saturated heterocycles. The van der Waals surface area contributed by atoms with Crippen molar-refractivity contribution < 1.29 is 13.2 Å². The Bertz CT molecular complexity index is 486. The minimum atomic E-state index is -3.08. The molecule has 1 amide bonds. The van der Waals surface area contributed by atoms with Gasteiger partial charge in [-0.05, 0) is 38.5 Å². The molecule has 1 spiro atoms. The van der Waals surface area contributed by atoms with Gasteiger partial charge in [0.25, 0.3) is 0 Å². The zero-order chi connectivity index (χ0) is 13.7. The summed E-state index contributed by atoms with van der Waals surface area (Å²) >= 11 is 0. The van der Waals surface area contributed by atoms with Gasteiger partial charge in [0.1, 0.15) is 0 Å². The maximum atomic E-state index is 12.3. The van der Waals surface area contributed by atoms with E-state index in [2.05, 4.69) is 0 Å². The van der Waals surface area contributed by atoms with Crippen molar-refractivity contribution in [3.63, 3.8) is 0 Å². The highest BCUT2D eigenvalue weighted by Gasteiger charge is 2.48. The van der Waals surface area contributed by atoms with E-state index in [1.807, 2.05) is 7.05 Å². The van der Waals surface area contributed by atoms with Crippen LogP contribution in [0.5, 0.6) is 0 Å². The Balaban J connectivity index is 1.74. The van der Waals surface area contributed by atoms with Crippen molar-refractivity contribution in [3.05, 3.63) is 0 Å². The maximum Gasteiger partial charge on any atom is 0.228 e. The third kappa shape index (κ3) is 2.18. The lowest BCUT2D eigenvalue weighted by atomic mass is 9.79. The van der Waals surface area contributed by atoms with Gasteiger partial charge in [0, 0.05) is 26.7 Å². The molecule has 1 saturated carbocycles. The topological polar surface area (TPSA) is 57.7 Å². The van der Waals surface area contributed by atoms with Crippen molar-refractivity contribution in [3.8, 4) is 0 Å². The average molecular weight is 286 g/mol. The van der Waals surface area contributed by atoms with Gasteiger partial charge in [0.2, 0.25) is 15.9 Å². The molecule has 0 radical (unpaired) electrons. The van der Waals surface area contributed by atoms with Gasteiger partial charge >= 0.3 is 0 Å². The summed E-state index contributed by atoms with van der Waals surface area (Å²) in [6.45, 7) is 1.93. The molecule has 1 aliphatic carbocycles. The second kappa shape index (κ2) is 4.45. The van der Waals surface area contributed by atoms with Crippen LogP contribution in [0.25, 0.3) is 0 Å². The number of rotatable bonds is 2. The van der Waals surface area contributed by atoms with E-state index in [4.69, 9.17) is 0 Å². The molecule has 2 heterocycles. The van der Waals surface area contributed by atoms with Gasteiger partial charge in [0.05, 0.1) is 10.7 Å². The lowest BCUT2D eigenvalue weighted by molar-refractivity contribution is -0.135. The average Bonchev–Trinajstić information content (AvgIpc) is 3.18. The van der Waals surface area contributed by atoms with Gasteiger partial charge in [-0.3, -0.25) is 4.79 Å². The van der Waals surface area contributed by atoms with Crippen molar-refractivity contribution >= 4 is 15.9 Å². The van der Waals surface area contributed by atoms with Crippen molar-refractivity contribution in [2.45, 2.75) is 43.8 Å². The van der Waals surface area contributed by atoms with Crippen LogP contribution in [0.3, 0.4) is 0 Å². The van der Waals surface area contributed by atoms with Crippen LogP contribution < -0.4 is 0 Å². The zero-order valence-corrected chi connectivity index (χ0v) is 12.3. The third-order valence-corrected chi connectivity index (χ3v) is 7.33. The summed E-state index contributed by atoms with van der Waals surface area (Å²) in [5, 5.41) is -0.136. The smallest absolute Gasteiger partial charge is 0.228 e. The molecule has 2 aliphatic heterocycles. The molecule has 0 aromatic carbocycles. The van der Waals surface area contributed by atoms with Gasteiger partial charge in [-0.2, -0.15) is 0 Å². The van der Waals surface area contributed by atoms with E-state index < -0.39 is 10.0 Å². The molecule has 108 valence electrons. The van der Waals surface area contributed by atoms with Crippen molar-refractivity contribution in [2.75, 3.05) is 26.7 Å². The Kier molecular flexibility index (Phi) is 3.13. The van der Waals surface area contributed by atoms with Crippen LogP contribution in [0.4, 0.5) is 0 Å². The molecule has 3 rings (SSSR count). The molecule has 3 aliphatic rings. The Hall–Kier alpha value is -0.620. The molecule has 5 nitrogen and oxygen atoms in total. The number of carbonyl (C=O) groups excluding carboxylic acids is 1. The van der Waals surface area contributed by atoms with Gasteiger partial charge in [0.15, 0.2) is 0 Å². The number of likely N-dealkylation sites (tertiary alicyclic amines) is 1.